The Morgan fingerprint density at radius 2 is 1.29 bits per heavy atom. The van der Waals surface area contributed by atoms with Crippen LogP contribution in [0, 0.1) is 0 Å². The van der Waals surface area contributed by atoms with Crippen LogP contribution < -0.4 is 0 Å². The highest BCUT2D eigenvalue weighted by molar-refractivity contribution is 6.40. The molecule has 2 rings (SSSR count). The maximum Gasteiger partial charge on any atom is 0.153 e. The van der Waals surface area contributed by atoms with Crippen LogP contribution in [0.2, 0.25) is 20.1 Å². The van der Waals surface area contributed by atoms with E-state index in [2.05, 4.69) is 0 Å². The normalized spacial score (nSPS) is 11.2. The van der Waals surface area contributed by atoms with E-state index in [-0.39, 0.29) is 37.5 Å². The molecule has 0 fully saturated rings. The zero-order valence-corrected chi connectivity index (χ0v) is 14.2. The van der Waals surface area contributed by atoms with Gasteiger partial charge in [0.25, 0.3) is 0 Å². The van der Waals surface area contributed by atoms with E-state index in [4.69, 9.17) is 46.4 Å². The summed E-state index contributed by atoms with van der Waals surface area (Å²) in [5, 5.41) is 20.2. The molecule has 2 aromatic carbocycles. The first-order valence-corrected chi connectivity index (χ1v) is 7.64. The molecule has 2 aromatic rings. The predicted molar refractivity (Wildman–Crippen MR) is 89.3 cm³/mol. The molecule has 21 heavy (non-hydrogen) atoms. The molecule has 0 aliphatic carbocycles. The van der Waals surface area contributed by atoms with Crippen LogP contribution in [0.5, 0.6) is 11.5 Å². The smallest absolute Gasteiger partial charge is 0.153 e. The van der Waals surface area contributed by atoms with Gasteiger partial charge in [-0.3, -0.25) is 0 Å². The number of aromatic hydroxyl groups is 2. The lowest BCUT2D eigenvalue weighted by molar-refractivity contribution is 0.476. The molecular formula is C15H12Cl4O2. The summed E-state index contributed by atoms with van der Waals surface area (Å²) in [5.74, 6) is -0.275. The Hall–Kier alpha value is -0.800. The largest absolute Gasteiger partial charge is 0.505 e. The summed E-state index contributed by atoms with van der Waals surface area (Å²) in [4.78, 5) is 0. The number of benzene rings is 2. The molecule has 0 saturated heterocycles. The van der Waals surface area contributed by atoms with Crippen LogP contribution in [0.1, 0.15) is 25.3 Å². The average Bonchev–Trinajstić information content (AvgIpc) is 2.41. The van der Waals surface area contributed by atoms with Crippen LogP contribution in [0.3, 0.4) is 0 Å². The Kier molecular flexibility index (Phi) is 4.84. The van der Waals surface area contributed by atoms with Gasteiger partial charge < -0.3 is 10.2 Å². The van der Waals surface area contributed by atoms with Gasteiger partial charge in [-0.05, 0) is 35.2 Å². The lowest BCUT2D eigenvalue weighted by Crippen LogP contribution is -1.95. The average molecular weight is 366 g/mol. The van der Waals surface area contributed by atoms with Crippen LogP contribution in [0.25, 0.3) is 11.1 Å². The summed E-state index contributed by atoms with van der Waals surface area (Å²) < 4.78 is 0. The standard InChI is InChI=1S/C15H12Cl4O2/c1-6(2)8-5-11(18)15(21)13(19)12(8)7-3-9(16)14(20)10(17)4-7/h3-6,20-21H,1-2H3. The third kappa shape index (κ3) is 3.04. The molecule has 6 heteroatoms. The van der Waals surface area contributed by atoms with Crippen molar-refractivity contribution in [3.8, 4) is 22.6 Å². The summed E-state index contributed by atoms with van der Waals surface area (Å²) in [5.41, 5.74) is 2.04. The second-order valence-corrected chi connectivity index (χ2v) is 6.53. The van der Waals surface area contributed by atoms with Crippen molar-refractivity contribution >= 4 is 46.4 Å². The lowest BCUT2D eigenvalue weighted by Gasteiger charge is -2.17. The second-order valence-electron chi connectivity index (χ2n) is 4.93. The highest BCUT2D eigenvalue weighted by Crippen LogP contribution is 2.46. The molecule has 0 spiro atoms. The van der Waals surface area contributed by atoms with Crippen molar-refractivity contribution in [2.24, 2.45) is 0 Å². The lowest BCUT2D eigenvalue weighted by atomic mass is 9.92. The molecule has 0 radical (unpaired) electrons. The summed E-state index contributed by atoms with van der Waals surface area (Å²) in [6, 6.07) is 4.75. The molecule has 2 N–H and O–H groups in total. The first kappa shape index (κ1) is 16.6. The molecular weight excluding hydrogens is 354 g/mol. The van der Waals surface area contributed by atoms with Crippen molar-refractivity contribution in [3.63, 3.8) is 0 Å². The van der Waals surface area contributed by atoms with Crippen molar-refractivity contribution in [1.29, 1.82) is 0 Å². The van der Waals surface area contributed by atoms with Gasteiger partial charge in [-0.2, -0.15) is 0 Å². The third-order valence-corrected chi connectivity index (χ3v) is 4.38. The van der Waals surface area contributed by atoms with Gasteiger partial charge in [0.1, 0.15) is 0 Å². The van der Waals surface area contributed by atoms with Gasteiger partial charge in [0.15, 0.2) is 11.5 Å². The van der Waals surface area contributed by atoms with E-state index in [1.807, 2.05) is 13.8 Å². The summed E-state index contributed by atoms with van der Waals surface area (Å²) in [6.45, 7) is 3.96. The number of rotatable bonds is 2. The van der Waals surface area contributed by atoms with Crippen molar-refractivity contribution < 1.29 is 10.2 Å². The minimum absolute atomic E-state index is 0.109. The molecule has 0 saturated carbocycles. The number of halogens is 4. The maximum atomic E-state index is 9.97. The Morgan fingerprint density at radius 3 is 1.76 bits per heavy atom. The van der Waals surface area contributed by atoms with Crippen molar-refractivity contribution in [2.45, 2.75) is 19.8 Å². The molecule has 0 heterocycles. The van der Waals surface area contributed by atoms with E-state index in [0.29, 0.717) is 11.1 Å². The molecule has 0 unspecified atom stereocenters. The summed E-state index contributed by atoms with van der Waals surface area (Å²) in [7, 11) is 0. The quantitative estimate of drug-likeness (QED) is 0.637. The second kappa shape index (κ2) is 6.13. The van der Waals surface area contributed by atoms with Crippen LogP contribution in [-0.4, -0.2) is 10.2 Å². The highest BCUT2D eigenvalue weighted by Gasteiger charge is 2.20. The predicted octanol–water partition coefficient (Wildman–Crippen LogP) is 6.50. The molecule has 2 nitrogen and oxygen atoms in total. The Balaban J connectivity index is 2.82. The van der Waals surface area contributed by atoms with Crippen LogP contribution in [0.15, 0.2) is 18.2 Å². The first-order chi connectivity index (χ1) is 9.73. The van der Waals surface area contributed by atoms with E-state index < -0.39 is 0 Å². The van der Waals surface area contributed by atoms with Gasteiger partial charge in [-0.15, -0.1) is 0 Å². The summed E-state index contributed by atoms with van der Waals surface area (Å²) >= 11 is 24.1. The SMILES string of the molecule is CC(C)c1cc(Cl)c(O)c(Cl)c1-c1cc(Cl)c(O)c(Cl)c1. The molecule has 0 bridgehead atoms. The van der Waals surface area contributed by atoms with Crippen LogP contribution in [0.4, 0.5) is 0 Å². The Morgan fingerprint density at radius 1 is 0.810 bits per heavy atom. The van der Waals surface area contributed by atoms with Crippen molar-refractivity contribution in [1.82, 2.24) is 0 Å². The topological polar surface area (TPSA) is 40.5 Å². The minimum Gasteiger partial charge on any atom is -0.505 e. The van der Waals surface area contributed by atoms with Gasteiger partial charge in [0, 0.05) is 5.56 Å². The molecule has 0 aromatic heterocycles. The van der Waals surface area contributed by atoms with Gasteiger partial charge in [0.05, 0.1) is 20.1 Å². The monoisotopic (exact) mass is 364 g/mol. The fraction of sp³-hybridized carbons (Fsp3) is 0.200. The fourth-order valence-electron chi connectivity index (χ4n) is 2.09. The molecule has 0 atom stereocenters. The van der Waals surface area contributed by atoms with E-state index in [1.54, 1.807) is 18.2 Å². The molecule has 0 aliphatic rings. The van der Waals surface area contributed by atoms with Crippen LogP contribution >= 0.6 is 46.4 Å². The number of phenolic OH excluding ortho intramolecular Hbond substituents is 2. The molecule has 112 valence electrons. The molecule has 0 aliphatic heterocycles. The van der Waals surface area contributed by atoms with E-state index in [1.165, 1.54) is 0 Å². The van der Waals surface area contributed by atoms with Gasteiger partial charge in [-0.1, -0.05) is 60.3 Å². The number of phenols is 2. The van der Waals surface area contributed by atoms with E-state index in [9.17, 15) is 10.2 Å². The van der Waals surface area contributed by atoms with Crippen molar-refractivity contribution in [3.05, 3.63) is 43.9 Å². The van der Waals surface area contributed by atoms with Crippen LogP contribution in [-0.2, 0) is 0 Å². The number of hydrogen-bond acceptors (Lipinski definition) is 2. The first-order valence-electron chi connectivity index (χ1n) is 6.13. The Labute approximate surface area is 142 Å². The zero-order valence-electron chi connectivity index (χ0n) is 11.2. The Bertz CT molecular complexity index is 688. The zero-order chi connectivity index (χ0) is 15.9. The fourth-order valence-corrected chi connectivity index (χ4v) is 3.15. The third-order valence-electron chi connectivity index (χ3n) is 3.15. The van der Waals surface area contributed by atoms with Gasteiger partial charge in [0.2, 0.25) is 0 Å². The van der Waals surface area contributed by atoms with Crippen molar-refractivity contribution in [2.75, 3.05) is 0 Å². The van der Waals surface area contributed by atoms with E-state index in [0.717, 1.165) is 5.56 Å². The number of hydrogen-bond donors (Lipinski definition) is 2. The maximum absolute atomic E-state index is 9.97. The molecule has 0 amide bonds. The highest BCUT2D eigenvalue weighted by atomic mass is 35.5. The minimum atomic E-state index is -0.196. The van der Waals surface area contributed by atoms with Gasteiger partial charge in [-0.25, -0.2) is 0 Å². The van der Waals surface area contributed by atoms with Gasteiger partial charge >= 0.3 is 0 Å². The van der Waals surface area contributed by atoms with E-state index >= 15 is 0 Å². The summed E-state index contributed by atoms with van der Waals surface area (Å²) in [6.07, 6.45) is 0.